The average Bonchev–Trinajstić information content (AvgIpc) is 3.86. The van der Waals surface area contributed by atoms with Crippen molar-refractivity contribution in [2.24, 2.45) is 5.92 Å². The quantitative estimate of drug-likeness (QED) is 0.310. The maximum absolute atomic E-state index is 12.4. The minimum absolute atomic E-state index is 0.0700. The largest absolute Gasteiger partial charge is 0.496 e. The van der Waals surface area contributed by atoms with Gasteiger partial charge in [0.05, 0.1) is 32.0 Å². The summed E-state index contributed by atoms with van der Waals surface area (Å²) in [5.74, 6) is 1.92. The van der Waals surface area contributed by atoms with Gasteiger partial charge in [-0.3, -0.25) is 4.79 Å². The molecule has 1 amide bonds. The van der Waals surface area contributed by atoms with Crippen molar-refractivity contribution in [1.82, 2.24) is 10.2 Å². The average molecular weight is 550 g/mol. The van der Waals surface area contributed by atoms with Crippen LogP contribution in [0.1, 0.15) is 25.5 Å². The number of amides is 1. The van der Waals surface area contributed by atoms with Crippen LogP contribution in [0.15, 0.2) is 54.6 Å². The number of nitrogens with one attached hydrogen (secondary N) is 1. The molecule has 0 bridgehead atoms. The minimum atomic E-state index is -0.0700. The van der Waals surface area contributed by atoms with Crippen LogP contribution in [0, 0.1) is 17.2 Å². The highest BCUT2D eigenvalue weighted by Gasteiger charge is 2.29. The normalized spacial score (nSPS) is 15.9. The Bertz CT molecular complexity index is 1680. The lowest BCUT2D eigenvalue weighted by Gasteiger charge is -2.27. The third-order valence-electron chi connectivity index (χ3n) is 7.87. The van der Waals surface area contributed by atoms with Crippen LogP contribution in [-0.4, -0.2) is 56.1 Å². The number of nitriles is 1. The topological polar surface area (TPSA) is 110 Å². The van der Waals surface area contributed by atoms with Gasteiger partial charge in [0.25, 0.3) is 5.91 Å². The smallest absolute Gasteiger partial charge is 0.253 e. The Labute approximate surface area is 238 Å². The minimum Gasteiger partial charge on any atom is -0.496 e. The van der Waals surface area contributed by atoms with Gasteiger partial charge in [-0.05, 0) is 73.2 Å². The van der Waals surface area contributed by atoms with Gasteiger partial charge in [-0.2, -0.15) is 5.26 Å². The number of benzene rings is 3. The van der Waals surface area contributed by atoms with Crippen LogP contribution >= 0.6 is 0 Å². The van der Waals surface area contributed by atoms with E-state index in [2.05, 4.69) is 34.6 Å². The molecule has 1 aromatic heterocycles. The Kier molecular flexibility index (Phi) is 7.16. The Morgan fingerprint density at radius 1 is 1.00 bits per heavy atom. The molecule has 0 spiro atoms. The summed E-state index contributed by atoms with van der Waals surface area (Å²) in [4.78, 5) is 14.1. The van der Waals surface area contributed by atoms with Gasteiger partial charge in [-0.15, -0.1) is 10.2 Å². The Balaban J connectivity index is 1.39. The van der Waals surface area contributed by atoms with Gasteiger partial charge in [0.15, 0.2) is 5.69 Å². The third kappa shape index (κ3) is 5.14. The first-order valence-electron chi connectivity index (χ1n) is 13.7. The SMILES string of the molecule is COc1cc(N2CCOCC2=O)ccc1-c1ccc(OC)c(-c2ccc3c(N[C@H](C)C4CC4)c(C#N)nnc3c2)c1. The number of nitrogens with zero attached hydrogens (tertiary/aromatic N) is 4. The molecule has 9 heteroatoms. The van der Waals surface area contributed by atoms with Crippen molar-refractivity contribution >= 4 is 28.2 Å². The summed E-state index contributed by atoms with van der Waals surface area (Å²) >= 11 is 0. The second kappa shape index (κ2) is 11.1. The second-order valence-corrected chi connectivity index (χ2v) is 10.4. The highest BCUT2D eigenvalue weighted by atomic mass is 16.5. The van der Waals surface area contributed by atoms with Crippen molar-refractivity contribution in [2.75, 3.05) is 44.2 Å². The summed E-state index contributed by atoms with van der Waals surface area (Å²) in [7, 11) is 3.27. The monoisotopic (exact) mass is 549 g/mol. The van der Waals surface area contributed by atoms with E-state index in [0.717, 1.165) is 39.0 Å². The van der Waals surface area contributed by atoms with Crippen molar-refractivity contribution in [3.8, 4) is 39.8 Å². The molecule has 0 radical (unpaired) electrons. The van der Waals surface area contributed by atoms with Crippen molar-refractivity contribution < 1.29 is 19.0 Å². The molecule has 1 atom stereocenters. The van der Waals surface area contributed by atoms with E-state index < -0.39 is 0 Å². The lowest BCUT2D eigenvalue weighted by molar-refractivity contribution is -0.125. The van der Waals surface area contributed by atoms with Gasteiger partial charge in [0.2, 0.25) is 0 Å². The van der Waals surface area contributed by atoms with E-state index in [4.69, 9.17) is 14.2 Å². The standard InChI is InChI=1S/C32H31N5O4/c1-19(20-4-5-20)34-32-25-9-6-22(15-27(25)35-36-28(32)17-33)26-14-21(7-11-29(26)39-2)24-10-8-23(16-30(24)40-3)37-12-13-41-18-31(37)38/h6-11,14-16,19-20H,4-5,12-13,18H2,1-3H3,(H,34,35)/t19-/m1/s1. The highest BCUT2D eigenvalue weighted by Crippen LogP contribution is 2.41. The fourth-order valence-electron chi connectivity index (χ4n) is 5.42. The molecule has 2 fully saturated rings. The van der Waals surface area contributed by atoms with Crippen LogP contribution in [-0.2, 0) is 9.53 Å². The molecule has 208 valence electrons. The van der Waals surface area contributed by atoms with Crippen LogP contribution in [0.2, 0.25) is 0 Å². The molecule has 1 aliphatic heterocycles. The summed E-state index contributed by atoms with van der Waals surface area (Å²) in [6.07, 6.45) is 2.40. The molecule has 2 heterocycles. The number of aromatic nitrogens is 2. The maximum atomic E-state index is 12.4. The number of carbonyl (C=O) groups is 1. The van der Waals surface area contributed by atoms with Crippen molar-refractivity contribution in [1.29, 1.82) is 5.26 Å². The van der Waals surface area contributed by atoms with Gasteiger partial charge in [0, 0.05) is 40.9 Å². The number of hydrogen-bond donors (Lipinski definition) is 1. The molecule has 9 nitrogen and oxygen atoms in total. The van der Waals surface area contributed by atoms with Crippen molar-refractivity contribution in [3.63, 3.8) is 0 Å². The van der Waals surface area contributed by atoms with Crippen LogP contribution < -0.4 is 19.7 Å². The zero-order valence-electron chi connectivity index (χ0n) is 23.3. The van der Waals surface area contributed by atoms with Gasteiger partial charge < -0.3 is 24.4 Å². The van der Waals surface area contributed by atoms with E-state index >= 15 is 0 Å². The van der Waals surface area contributed by atoms with E-state index in [1.165, 1.54) is 12.8 Å². The zero-order valence-corrected chi connectivity index (χ0v) is 23.3. The zero-order chi connectivity index (χ0) is 28.5. The second-order valence-electron chi connectivity index (χ2n) is 10.4. The fourth-order valence-corrected chi connectivity index (χ4v) is 5.42. The number of methoxy groups -OCH3 is 2. The van der Waals surface area contributed by atoms with Gasteiger partial charge in [0.1, 0.15) is 24.2 Å². The predicted molar refractivity (Wildman–Crippen MR) is 157 cm³/mol. The summed E-state index contributed by atoms with van der Waals surface area (Å²) in [6, 6.07) is 20.2. The van der Waals surface area contributed by atoms with E-state index in [0.29, 0.717) is 41.8 Å². The van der Waals surface area contributed by atoms with Crippen LogP contribution in [0.25, 0.3) is 33.2 Å². The van der Waals surface area contributed by atoms with Crippen molar-refractivity contribution in [3.05, 3.63) is 60.3 Å². The molecular weight excluding hydrogens is 518 g/mol. The summed E-state index contributed by atoms with van der Waals surface area (Å²) in [5, 5.41) is 22.7. The molecule has 1 N–H and O–H groups in total. The van der Waals surface area contributed by atoms with E-state index in [9.17, 15) is 10.1 Å². The number of morpholine rings is 1. The molecule has 2 aliphatic rings. The van der Waals surface area contributed by atoms with Gasteiger partial charge in [-0.25, -0.2) is 0 Å². The number of ether oxygens (including phenoxy) is 3. The van der Waals surface area contributed by atoms with Crippen LogP contribution in [0.3, 0.4) is 0 Å². The number of fused-ring (bicyclic) bond motifs is 1. The lowest BCUT2D eigenvalue weighted by atomic mass is 9.96. The predicted octanol–water partition coefficient (Wildman–Crippen LogP) is 5.43. The van der Waals surface area contributed by atoms with Crippen LogP contribution in [0.5, 0.6) is 11.5 Å². The van der Waals surface area contributed by atoms with Gasteiger partial charge >= 0.3 is 0 Å². The highest BCUT2D eigenvalue weighted by molar-refractivity contribution is 5.97. The number of anilines is 2. The molecule has 4 aromatic rings. The summed E-state index contributed by atoms with van der Waals surface area (Å²) in [6.45, 7) is 3.24. The molecule has 3 aromatic carbocycles. The lowest BCUT2D eigenvalue weighted by Crippen LogP contribution is -2.41. The van der Waals surface area contributed by atoms with Crippen molar-refractivity contribution in [2.45, 2.75) is 25.8 Å². The third-order valence-corrected chi connectivity index (χ3v) is 7.87. The van der Waals surface area contributed by atoms with E-state index in [1.807, 2.05) is 48.5 Å². The number of carbonyl (C=O) groups excluding carboxylic acids is 1. The van der Waals surface area contributed by atoms with Gasteiger partial charge in [-0.1, -0.05) is 12.1 Å². The number of rotatable bonds is 8. The van der Waals surface area contributed by atoms with E-state index in [1.54, 1.807) is 19.1 Å². The Morgan fingerprint density at radius 3 is 2.51 bits per heavy atom. The molecule has 41 heavy (non-hydrogen) atoms. The first-order valence-corrected chi connectivity index (χ1v) is 13.7. The molecule has 1 saturated heterocycles. The molecule has 0 unspecified atom stereocenters. The molecule has 1 aliphatic carbocycles. The first-order chi connectivity index (χ1) is 20.0. The maximum Gasteiger partial charge on any atom is 0.253 e. The Hall–Kier alpha value is -4.68. The molecule has 6 rings (SSSR count). The first kappa shape index (κ1) is 26.5. The summed E-state index contributed by atoms with van der Waals surface area (Å²) < 4.78 is 16.8. The number of hydrogen-bond acceptors (Lipinski definition) is 8. The summed E-state index contributed by atoms with van der Waals surface area (Å²) in [5.41, 5.74) is 6.11. The molecule has 1 saturated carbocycles. The molecular formula is C32H31N5O4. The van der Waals surface area contributed by atoms with Crippen LogP contribution in [0.4, 0.5) is 11.4 Å². The van der Waals surface area contributed by atoms with E-state index in [-0.39, 0.29) is 18.6 Å². The fraction of sp³-hybridized carbons (Fsp3) is 0.312. The Morgan fingerprint density at radius 2 is 1.78 bits per heavy atom.